The second-order valence-corrected chi connectivity index (χ2v) is 6.75. The van der Waals surface area contributed by atoms with Gasteiger partial charge in [0.15, 0.2) is 0 Å². The SMILES string of the molecule is CC1CN(C2CCCC2N)CC(C)S1. The molecule has 2 aliphatic rings. The molecule has 1 heterocycles. The lowest BCUT2D eigenvalue weighted by molar-refractivity contribution is 0.183. The van der Waals surface area contributed by atoms with Crippen LogP contribution in [0.15, 0.2) is 0 Å². The number of thioether (sulfide) groups is 1. The molecule has 1 aliphatic heterocycles. The van der Waals surface area contributed by atoms with Gasteiger partial charge in [-0.2, -0.15) is 11.8 Å². The molecule has 3 heteroatoms. The molecule has 0 aromatic heterocycles. The first kappa shape index (κ1) is 10.8. The fraction of sp³-hybridized carbons (Fsp3) is 1.00. The Hall–Kier alpha value is 0.270. The Morgan fingerprint density at radius 1 is 1.14 bits per heavy atom. The van der Waals surface area contributed by atoms with E-state index in [0.29, 0.717) is 12.1 Å². The quantitative estimate of drug-likeness (QED) is 0.720. The first-order valence-corrected chi connectivity index (χ1v) is 6.76. The van der Waals surface area contributed by atoms with Crippen LogP contribution in [0.1, 0.15) is 33.1 Å². The van der Waals surface area contributed by atoms with Gasteiger partial charge in [0.2, 0.25) is 0 Å². The molecule has 82 valence electrons. The highest BCUT2D eigenvalue weighted by atomic mass is 32.2. The Labute approximate surface area is 91.6 Å². The number of nitrogens with zero attached hydrogens (tertiary/aromatic N) is 1. The summed E-state index contributed by atoms with van der Waals surface area (Å²) in [5.74, 6) is 0. The summed E-state index contributed by atoms with van der Waals surface area (Å²) in [6.45, 7) is 7.17. The summed E-state index contributed by atoms with van der Waals surface area (Å²) >= 11 is 2.12. The molecule has 2 nitrogen and oxygen atoms in total. The van der Waals surface area contributed by atoms with E-state index in [4.69, 9.17) is 5.73 Å². The predicted octanol–water partition coefficient (Wildman–Crippen LogP) is 1.69. The number of hydrogen-bond acceptors (Lipinski definition) is 3. The van der Waals surface area contributed by atoms with Crippen molar-refractivity contribution in [2.24, 2.45) is 5.73 Å². The van der Waals surface area contributed by atoms with Crippen molar-refractivity contribution in [1.29, 1.82) is 0 Å². The average molecular weight is 214 g/mol. The molecule has 1 saturated heterocycles. The maximum Gasteiger partial charge on any atom is 0.0248 e. The van der Waals surface area contributed by atoms with E-state index in [1.54, 1.807) is 0 Å². The zero-order valence-corrected chi connectivity index (χ0v) is 10.1. The Kier molecular flexibility index (Phi) is 3.40. The molecular weight excluding hydrogens is 192 g/mol. The molecule has 4 unspecified atom stereocenters. The summed E-state index contributed by atoms with van der Waals surface area (Å²) in [6, 6.07) is 1.12. The minimum Gasteiger partial charge on any atom is -0.326 e. The van der Waals surface area contributed by atoms with E-state index in [1.807, 2.05) is 0 Å². The lowest BCUT2D eigenvalue weighted by atomic mass is 10.1. The standard InChI is InChI=1S/C11H22N2S/c1-8-6-13(7-9(2)14-8)11-5-3-4-10(11)12/h8-11H,3-7,12H2,1-2H3. The topological polar surface area (TPSA) is 29.3 Å². The number of hydrogen-bond donors (Lipinski definition) is 1. The van der Waals surface area contributed by atoms with Crippen molar-refractivity contribution in [1.82, 2.24) is 4.90 Å². The Morgan fingerprint density at radius 3 is 2.29 bits per heavy atom. The Bertz CT molecular complexity index is 188. The summed E-state index contributed by atoms with van der Waals surface area (Å²) < 4.78 is 0. The van der Waals surface area contributed by atoms with E-state index in [0.717, 1.165) is 10.5 Å². The second kappa shape index (κ2) is 4.42. The van der Waals surface area contributed by atoms with Crippen molar-refractivity contribution >= 4 is 11.8 Å². The molecule has 2 N–H and O–H groups in total. The van der Waals surface area contributed by atoms with Crippen molar-refractivity contribution in [3.63, 3.8) is 0 Å². The molecule has 2 fully saturated rings. The summed E-state index contributed by atoms with van der Waals surface area (Å²) in [4.78, 5) is 2.64. The van der Waals surface area contributed by atoms with Crippen molar-refractivity contribution < 1.29 is 0 Å². The highest BCUT2D eigenvalue weighted by molar-refractivity contribution is 8.00. The van der Waals surface area contributed by atoms with E-state index in [1.165, 1.54) is 32.4 Å². The minimum atomic E-state index is 0.442. The minimum absolute atomic E-state index is 0.442. The molecule has 0 aromatic rings. The number of rotatable bonds is 1. The van der Waals surface area contributed by atoms with Gasteiger partial charge in [0.1, 0.15) is 0 Å². The van der Waals surface area contributed by atoms with Crippen LogP contribution in [-0.4, -0.2) is 40.6 Å². The van der Waals surface area contributed by atoms with E-state index < -0.39 is 0 Å². The molecule has 14 heavy (non-hydrogen) atoms. The Balaban J connectivity index is 1.95. The van der Waals surface area contributed by atoms with Crippen LogP contribution in [0.4, 0.5) is 0 Å². The van der Waals surface area contributed by atoms with Gasteiger partial charge in [0, 0.05) is 35.7 Å². The molecule has 0 bridgehead atoms. The van der Waals surface area contributed by atoms with Gasteiger partial charge in [-0.3, -0.25) is 4.90 Å². The van der Waals surface area contributed by atoms with Crippen LogP contribution in [0.2, 0.25) is 0 Å². The lowest BCUT2D eigenvalue weighted by Gasteiger charge is -2.39. The third kappa shape index (κ3) is 2.26. The molecule has 0 aromatic carbocycles. The van der Waals surface area contributed by atoms with Gasteiger partial charge in [0.25, 0.3) is 0 Å². The molecule has 1 aliphatic carbocycles. The van der Waals surface area contributed by atoms with Crippen LogP contribution >= 0.6 is 11.8 Å². The molecule has 1 saturated carbocycles. The van der Waals surface area contributed by atoms with Crippen molar-refractivity contribution in [2.45, 2.75) is 55.7 Å². The maximum absolute atomic E-state index is 6.15. The van der Waals surface area contributed by atoms with Crippen LogP contribution < -0.4 is 5.73 Å². The highest BCUT2D eigenvalue weighted by Gasteiger charge is 2.33. The lowest BCUT2D eigenvalue weighted by Crippen LogP contribution is -2.51. The normalized spacial score (nSPS) is 45.6. The van der Waals surface area contributed by atoms with E-state index >= 15 is 0 Å². The molecule has 2 rings (SSSR count). The van der Waals surface area contributed by atoms with Gasteiger partial charge in [-0.1, -0.05) is 20.3 Å². The van der Waals surface area contributed by atoms with Crippen molar-refractivity contribution in [2.75, 3.05) is 13.1 Å². The summed E-state index contributed by atoms with van der Waals surface area (Å²) in [6.07, 6.45) is 3.89. The first-order chi connectivity index (χ1) is 6.66. The molecule has 0 radical (unpaired) electrons. The molecule has 0 amide bonds. The highest BCUT2D eigenvalue weighted by Crippen LogP contribution is 2.30. The van der Waals surface area contributed by atoms with Gasteiger partial charge in [-0.25, -0.2) is 0 Å². The second-order valence-electron chi connectivity index (χ2n) is 4.87. The van der Waals surface area contributed by atoms with Crippen LogP contribution in [0.25, 0.3) is 0 Å². The van der Waals surface area contributed by atoms with Gasteiger partial charge in [0.05, 0.1) is 0 Å². The third-order valence-electron chi connectivity index (χ3n) is 3.45. The van der Waals surface area contributed by atoms with E-state index in [-0.39, 0.29) is 0 Å². The zero-order chi connectivity index (χ0) is 10.1. The van der Waals surface area contributed by atoms with Crippen LogP contribution in [0.3, 0.4) is 0 Å². The van der Waals surface area contributed by atoms with Crippen LogP contribution in [0, 0.1) is 0 Å². The van der Waals surface area contributed by atoms with Crippen molar-refractivity contribution in [3.8, 4) is 0 Å². The zero-order valence-electron chi connectivity index (χ0n) is 9.28. The Morgan fingerprint density at radius 2 is 1.79 bits per heavy atom. The van der Waals surface area contributed by atoms with Crippen LogP contribution in [0.5, 0.6) is 0 Å². The maximum atomic E-state index is 6.15. The van der Waals surface area contributed by atoms with Gasteiger partial charge in [-0.05, 0) is 12.8 Å². The fourth-order valence-corrected chi connectivity index (χ4v) is 4.26. The van der Waals surface area contributed by atoms with Crippen molar-refractivity contribution in [3.05, 3.63) is 0 Å². The molecule has 0 spiro atoms. The van der Waals surface area contributed by atoms with Gasteiger partial charge >= 0.3 is 0 Å². The van der Waals surface area contributed by atoms with E-state index in [2.05, 4.69) is 30.5 Å². The monoisotopic (exact) mass is 214 g/mol. The fourth-order valence-electron chi connectivity index (χ4n) is 2.91. The predicted molar refractivity (Wildman–Crippen MR) is 63.7 cm³/mol. The summed E-state index contributed by atoms with van der Waals surface area (Å²) in [5, 5.41) is 1.57. The smallest absolute Gasteiger partial charge is 0.0248 e. The third-order valence-corrected chi connectivity index (χ3v) is 4.68. The number of nitrogens with two attached hydrogens (primary N) is 1. The van der Waals surface area contributed by atoms with Crippen LogP contribution in [-0.2, 0) is 0 Å². The molecule has 4 atom stereocenters. The van der Waals surface area contributed by atoms with Gasteiger partial charge in [-0.15, -0.1) is 0 Å². The average Bonchev–Trinajstić information content (AvgIpc) is 2.49. The largest absolute Gasteiger partial charge is 0.326 e. The van der Waals surface area contributed by atoms with E-state index in [9.17, 15) is 0 Å². The summed E-state index contributed by atoms with van der Waals surface area (Å²) in [5.41, 5.74) is 6.15. The summed E-state index contributed by atoms with van der Waals surface area (Å²) in [7, 11) is 0. The first-order valence-electron chi connectivity index (χ1n) is 5.82. The van der Waals surface area contributed by atoms with Gasteiger partial charge < -0.3 is 5.73 Å². The molecular formula is C11H22N2S.